The van der Waals surface area contributed by atoms with Gasteiger partial charge >= 0.3 is 0 Å². The van der Waals surface area contributed by atoms with Gasteiger partial charge in [0, 0.05) is 36.1 Å². The Bertz CT molecular complexity index is 1040. The molecule has 1 saturated heterocycles. The van der Waals surface area contributed by atoms with Gasteiger partial charge in [-0.25, -0.2) is 4.98 Å². The third kappa shape index (κ3) is 4.19. The molecule has 2 aromatic carbocycles. The molecule has 1 aliphatic rings. The summed E-state index contributed by atoms with van der Waals surface area (Å²) in [6, 6.07) is 15.3. The smallest absolute Gasteiger partial charge is 0.253 e. The zero-order chi connectivity index (χ0) is 20.4. The van der Waals surface area contributed by atoms with Crippen molar-refractivity contribution in [3.8, 4) is 0 Å². The molecule has 6 nitrogen and oxygen atoms in total. The number of amides is 2. The third-order valence-electron chi connectivity index (χ3n) is 5.54. The van der Waals surface area contributed by atoms with E-state index in [1.165, 1.54) is 0 Å². The highest BCUT2D eigenvalue weighted by Gasteiger charge is 2.28. The Balaban J connectivity index is 1.31. The average molecular weight is 455 g/mol. The second-order valence-corrected chi connectivity index (χ2v) is 8.28. The lowest BCUT2D eigenvalue weighted by Gasteiger charge is -2.31. The zero-order valence-corrected chi connectivity index (χ0v) is 17.9. The number of rotatable bonds is 4. The number of nitrogens with one attached hydrogen (secondary N) is 1. The van der Waals surface area contributed by atoms with E-state index in [4.69, 9.17) is 0 Å². The quantitative estimate of drug-likeness (QED) is 0.655. The fourth-order valence-corrected chi connectivity index (χ4v) is 4.05. The Kier molecular flexibility index (Phi) is 5.67. The summed E-state index contributed by atoms with van der Waals surface area (Å²) in [7, 11) is 1.96. The van der Waals surface area contributed by atoms with E-state index in [1.807, 2.05) is 65.0 Å². The second-order valence-electron chi connectivity index (χ2n) is 7.37. The average Bonchev–Trinajstić information content (AvgIpc) is 3.08. The third-order valence-corrected chi connectivity index (χ3v) is 6.07. The predicted molar refractivity (Wildman–Crippen MR) is 115 cm³/mol. The van der Waals surface area contributed by atoms with Crippen LogP contribution in [0.1, 0.15) is 29.0 Å². The van der Waals surface area contributed by atoms with E-state index in [0.29, 0.717) is 38.0 Å². The highest BCUT2D eigenvalue weighted by Crippen LogP contribution is 2.21. The highest BCUT2D eigenvalue weighted by atomic mass is 79.9. The van der Waals surface area contributed by atoms with Crippen LogP contribution in [-0.4, -0.2) is 39.4 Å². The molecule has 1 fully saturated rings. The summed E-state index contributed by atoms with van der Waals surface area (Å²) < 4.78 is 2.96. The maximum atomic E-state index is 12.6. The number of piperidine rings is 1. The van der Waals surface area contributed by atoms with Crippen LogP contribution in [-0.2, 0) is 18.4 Å². The molecule has 29 heavy (non-hydrogen) atoms. The lowest BCUT2D eigenvalue weighted by molar-refractivity contribution is -0.126. The number of carbonyl (C=O) groups excluding carboxylic acids is 2. The first kappa shape index (κ1) is 19.6. The highest BCUT2D eigenvalue weighted by molar-refractivity contribution is 9.10. The van der Waals surface area contributed by atoms with Gasteiger partial charge in [0.25, 0.3) is 5.91 Å². The fourth-order valence-electron chi connectivity index (χ4n) is 3.78. The summed E-state index contributed by atoms with van der Waals surface area (Å²) in [6.45, 7) is 1.60. The maximum absolute atomic E-state index is 12.6. The first-order valence-electron chi connectivity index (χ1n) is 9.76. The zero-order valence-electron chi connectivity index (χ0n) is 16.3. The summed E-state index contributed by atoms with van der Waals surface area (Å²) in [5.41, 5.74) is 2.66. The molecule has 7 heteroatoms. The van der Waals surface area contributed by atoms with E-state index in [-0.39, 0.29) is 17.7 Å². The molecule has 0 atom stereocenters. The Labute approximate surface area is 178 Å². The molecular formula is C22H23BrN4O2. The Morgan fingerprint density at radius 2 is 1.79 bits per heavy atom. The van der Waals surface area contributed by atoms with Crippen molar-refractivity contribution in [1.29, 1.82) is 0 Å². The van der Waals surface area contributed by atoms with Crippen LogP contribution in [0.25, 0.3) is 11.0 Å². The van der Waals surface area contributed by atoms with Gasteiger partial charge < -0.3 is 14.8 Å². The Morgan fingerprint density at radius 3 is 2.48 bits per heavy atom. The molecule has 1 aromatic heterocycles. The number of likely N-dealkylation sites (tertiary alicyclic amines) is 1. The number of aromatic nitrogens is 2. The van der Waals surface area contributed by atoms with Crippen LogP contribution < -0.4 is 5.32 Å². The van der Waals surface area contributed by atoms with Gasteiger partial charge in [-0.3, -0.25) is 9.59 Å². The van der Waals surface area contributed by atoms with Gasteiger partial charge in [-0.1, -0.05) is 28.1 Å². The van der Waals surface area contributed by atoms with Crippen LogP contribution in [0.4, 0.5) is 0 Å². The molecule has 0 radical (unpaired) electrons. The molecule has 3 aromatic rings. The predicted octanol–water partition coefficient (Wildman–Crippen LogP) is 3.50. The maximum Gasteiger partial charge on any atom is 0.253 e. The number of carbonyl (C=O) groups is 2. The van der Waals surface area contributed by atoms with Crippen LogP contribution >= 0.6 is 15.9 Å². The van der Waals surface area contributed by atoms with Gasteiger partial charge in [0.2, 0.25) is 5.91 Å². The molecular weight excluding hydrogens is 432 g/mol. The number of hydrogen-bond acceptors (Lipinski definition) is 3. The van der Waals surface area contributed by atoms with E-state index in [1.54, 1.807) is 0 Å². The van der Waals surface area contributed by atoms with Gasteiger partial charge in [0.05, 0.1) is 17.6 Å². The number of nitrogens with zero attached hydrogens (tertiary/aromatic N) is 3. The molecule has 0 bridgehead atoms. The van der Waals surface area contributed by atoms with Gasteiger partial charge in [0.15, 0.2) is 0 Å². The Hall–Kier alpha value is -2.67. The number of aryl methyl sites for hydroxylation is 1. The van der Waals surface area contributed by atoms with Crippen molar-refractivity contribution >= 4 is 38.8 Å². The molecule has 1 N–H and O–H groups in total. The molecule has 0 unspecified atom stereocenters. The molecule has 0 saturated carbocycles. The summed E-state index contributed by atoms with van der Waals surface area (Å²) in [5, 5.41) is 3.02. The largest absolute Gasteiger partial charge is 0.349 e. The van der Waals surface area contributed by atoms with E-state index in [9.17, 15) is 9.59 Å². The van der Waals surface area contributed by atoms with Gasteiger partial charge in [-0.15, -0.1) is 0 Å². The van der Waals surface area contributed by atoms with Crippen molar-refractivity contribution in [2.45, 2.75) is 19.4 Å². The van der Waals surface area contributed by atoms with Crippen molar-refractivity contribution in [2.24, 2.45) is 13.0 Å². The summed E-state index contributed by atoms with van der Waals surface area (Å²) in [4.78, 5) is 31.7. The topological polar surface area (TPSA) is 67.2 Å². The van der Waals surface area contributed by atoms with Crippen LogP contribution in [0.5, 0.6) is 0 Å². The summed E-state index contributed by atoms with van der Waals surface area (Å²) >= 11 is 3.38. The normalized spacial score (nSPS) is 14.9. The molecule has 0 aliphatic carbocycles. The molecule has 1 aliphatic heterocycles. The van der Waals surface area contributed by atoms with Gasteiger partial charge in [-0.05, 0) is 49.2 Å². The van der Waals surface area contributed by atoms with E-state index in [2.05, 4.69) is 26.2 Å². The van der Waals surface area contributed by atoms with Crippen molar-refractivity contribution in [3.63, 3.8) is 0 Å². The molecule has 150 valence electrons. The van der Waals surface area contributed by atoms with Crippen LogP contribution in [0, 0.1) is 5.92 Å². The molecule has 2 heterocycles. The lowest BCUT2D eigenvalue weighted by atomic mass is 9.95. The molecule has 0 spiro atoms. The number of halogens is 1. The van der Waals surface area contributed by atoms with Crippen molar-refractivity contribution in [2.75, 3.05) is 13.1 Å². The molecule has 2 amide bonds. The number of benzene rings is 2. The van der Waals surface area contributed by atoms with Crippen molar-refractivity contribution < 1.29 is 9.59 Å². The summed E-state index contributed by atoms with van der Waals surface area (Å²) in [5.74, 6) is 0.824. The summed E-state index contributed by atoms with van der Waals surface area (Å²) in [6.07, 6.45) is 1.35. The van der Waals surface area contributed by atoms with Crippen LogP contribution in [0.15, 0.2) is 53.0 Å². The van der Waals surface area contributed by atoms with Crippen molar-refractivity contribution in [3.05, 3.63) is 64.4 Å². The van der Waals surface area contributed by atoms with E-state index >= 15 is 0 Å². The van der Waals surface area contributed by atoms with Gasteiger partial charge in [-0.2, -0.15) is 0 Å². The van der Waals surface area contributed by atoms with E-state index < -0.39 is 0 Å². The number of imidazole rings is 1. The minimum atomic E-state index is -0.0707. The standard InChI is InChI=1S/C22H23BrN4O2/c1-26-19-5-3-2-4-18(19)25-20(26)14-24-21(28)15-10-12-27(13-11-15)22(29)16-6-8-17(23)9-7-16/h2-9,15H,10-14H2,1H3,(H,24,28). The van der Waals surface area contributed by atoms with Crippen molar-refractivity contribution in [1.82, 2.24) is 19.8 Å². The minimum Gasteiger partial charge on any atom is -0.349 e. The molecule has 4 rings (SSSR count). The second kappa shape index (κ2) is 8.37. The first-order valence-corrected chi connectivity index (χ1v) is 10.5. The monoisotopic (exact) mass is 454 g/mol. The number of hydrogen-bond donors (Lipinski definition) is 1. The fraction of sp³-hybridized carbons (Fsp3) is 0.318. The van der Waals surface area contributed by atoms with E-state index in [0.717, 1.165) is 21.3 Å². The SMILES string of the molecule is Cn1c(CNC(=O)C2CCN(C(=O)c3ccc(Br)cc3)CC2)nc2ccccc21. The van der Waals surface area contributed by atoms with Gasteiger partial charge in [0.1, 0.15) is 5.82 Å². The van der Waals surface area contributed by atoms with Crippen LogP contribution in [0.2, 0.25) is 0 Å². The van der Waals surface area contributed by atoms with Crippen LogP contribution in [0.3, 0.4) is 0 Å². The number of fused-ring (bicyclic) bond motifs is 1. The minimum absolute atomic E-state index is 0.0241. The Morgan fingerprint density at radius 1 is 1.10 bits per heavy atom. The lowest BCUT2D eigenvalue weighted by Crippen LogP contribution is -2.43. The number of para-hydroxylation sites is 2. The first-order chi connectivity index (χ1) is 14.0.